The molecule has 68 valence electrons. The van der Waals surface area contributed by atoms with Crippen LogP contribution in [0, 0.1) is 0 Å². The molecule has 0 aliphatic rings. The lowest BCUT2D eigenvalue weighted by molar-refractivity contribution is -0.144. The first-order valence-electron chi connectivity index (χ1n) is 3.08. The van der Waals surface area contributed by atoms with Crippen LogP contribution in [0.25, 0.3) is 0 Å². The Labute approximate surface area is 75.9 Å². The van der Waals surface area contributed by atoms with E-state index in [1.54, 1.807) is 18.5 Å². The van der Waals surface area contributed by atoms with E-state index < -0.39 is 12.1 Å². The molecule has 0 saturated heterocycles. The minimum absolute atomic E-state index is 0. The molecule has 0 bridgehead atoms. The van der Waals surface area contributed by atoms with Gasteiger partial charge in [0.1, 0.15) is 0 Å². The standard InChI is InChI=1S/C6H9N3O2.ClH/c1-11-6(10)5(7)9-4-2-3-8-9;/h2-5H,7H2,1H3;1H. The summed E-state index contributed by atoms with van der Waals surface area (Å²) in [6.07, 6.45) is 2.31. The van der Waals surface area contributed by atoms with Crippen molar-refractivity contribution in [3.63, 3.8) is 0 Å². The fourth-order valence-electron chi connectivity index (χ4n) is 0.674. The number of esters is 1. The highest BCUT2D eigenvalue weighted by molar-refractivity contribution is 5.85. The molecule has 0 aliphatic carbocycles. The van der Waals surface area contributed by atoms with Gasteiger partial charge in [0, 0.05) is 12.4 Å². The zero-order valence-electron chi connectivity index (χ0n) is 6.51. The van der Waals surface area contributed by atoms with Crippen LogP contribution < -0.4 is 5.73 Å². The van der Waals surface area contributed by atoms with Gasteiger partial charge < -0.3 is 10.5 Å². The Morgan fingerprint density at radius 3 is 2.83 bits per heavy atom. The van der Waals surface area contributed by atoms with Gasteiger partial charge >= 0.3 is 5.97 Å². The summed E-state index contributed by atoms with van der Waals surface area (Å²) in [5.74, 6) is -0.506. The predicted molar refractivity (Wildman–Crippen MR) is 44.7 cm³/mol. The van der Waals surface area contributed by atoms with Gasteiger partial charge in [0.25, 0.3) is 0 Å². The second kappa shape index (κ2) is 4.74. The van der Waals surface area contributed by atoms with Crippen LogP contribution >= 0.6 is 12.4 Å². The molecule has 5 nitrogen and oxygen atoms in total. The molecule has 1 heterocycles. The number of methoxy groups -OCH3 is 1. The Bertz CT molecular complexity index is 237. The molecule has 0 spiro atoms. The molecule has 1 aromatic heterocycles. The lowest BCUT2D eigenvalue weighted by atomic mass is 10.5. The smallest absolute Gasteiger partial charge is 0.345 e. The molecular formula is C6H10ClN3O2. The van der Waals surface area contributed by atoms with Gasteiger partial charge in [-0.2, -0.15) is 5.10 Å². The van der Waals surface area contributed by atoms with Gasteiger partial charge in [-0.25, -0.2) is 9.48 Å². The maximum atomic E-state index is 10.8. The summed E-state index contributed by atoms with van der Waals surface area (Å²) < 4.78 is 5.74. The highest BCUT2D eigenvalue weighted by atomic mass is 35.5. The highest BCUT2D eigenvalue weighted by Gasteiger charge is 2.14. The number of halogens is 1. The second-order valence-corrected chi connectivity index (χ2v) is 1.95. The van der Waals surface area contributed by atoms with Crippen LogP contribution in [0.1, 0.15) is 6.17 Å². The van der Waals surface area contributed by atoms with Crippen LogP contribution in [0.5, 0.6) is 0 Å². The molecule has 2 N–H and O–H groups in total. The van der Waals surface area contributed by atoms with Crippen molar-refractivity contribution in [3.8, 4) is 0 Å². The summed E-state index contributed by atoms with van der Waals surface area (Å²) in [5, 5.41) is 3.78. The van der Waals surface area contributed by atoms with E-state index in [2.05, 4.69) is 9.84 Å². The summed E-state index contributed by atoms with van der Waals surface area (Å²) >= 11 is 0. The van der Waals surface area contributed by atoms with E-state index in [9.17, 15) is 4.79 Å². The fourth-order valence-corrected chi connectivity index (χ4v) is 0.674. The van der Waals surface area contributed by atoms with E-state index in [4.69, 9.17) is 5.73 Å². The van der Waals surface area contributed by atoms with E-state index in [1.807, 2.05) is 0 Å². The predicted octanol–water partition coefficient (Wildman–Crippen LogP) is -0.0648. The number of carbonyl (C=O) groups excluding carboxylic acids is 1. The Balaban J connectivity index is 0.00000121. The van der Waals surface area contributed by atoms with E-state index in [0.29, 0.717) is 0 Å². The molecule has 0 fully saturated rings. The maximum Gasteiger partial charge on any atom is 0.345 e. The topological polar surface area (TPSA) is 70.1 Å². The van der Waals surface area contributed by atoms with E-state index in [1.165, 1.54) is 11.8 Å². The molecule has 1 atom stereocenters. The van der Waals surface area contributed by atoms with Gasteiger partial charge in [-0.15, -0.1) is 12.4 Å². The van der Waals surface area contributed by atoms with Crippen molar-refractivity contribution in [2.45, 2.75) is 6.17 Å². The zero-order chi connectivity index (χ0) is 8.27. The van der Waals surface area contributed by atoms with E-state index in [0.717, 1.165) is 0 Å². The lowest BCUT2D eigenvalue weighted by Crippen LogP contribution is -2.28. The number of carbonyl (C=O) groups is 1. The van der Waals surface area contributed by atoms with Crippen molar-refractivity contribution in [1.29, 1.82) is 0 Å². The third kappa shape index (κ3) is 2.21. The minimum atomic E-state index is -0.838. The summed E-state index contributed by atoms with van der Waals surface area (Å²) in [7, 11) is 1.28. The lowest BCUT2D eigenvalue weighted by Gasteiger charge is -2.08. The third-order valence-electron chi connectivity index (χ3n) is 1.25. The molecule has 0 aromatic carbocycles. The maximum absolute atomic E-state index is 10.8. The van der Waals surface area contributed by atoms with Gasteiger partial charge in [-0.1, -0.05) is 0 Å². The van der Waals surface area contributed by atoms with Gasteiger partial charge in [0.2, 0.25) is 0 Å². The van der Waals surface area contributed by atoms with Crippen molar-refractivity contribution in [3.05, 3.63) is 18.5 Å². The normalized spacial score (nSPS) is 11.5. The van der Waals surface area contributed by atoms with Crippen LogP contribution in [0.2, 0.25) is 0 Å². The summed E-state index contributed by atoms with van der Waals surface area (Å²) in [4.78, 5) is 10.8. The SMILES string of the molecule is COC(=O)C(N)n1cccn1.Cl. The zero-order valence-corrected chi connectivity index (χ0v) is 7.32. The highest BCUT2D eigenvalue weighted by Crippen LogP contribution is 1.97. The van der Waals surface area contributed by atoms with Crippen molar-refractivity contribution < 1.29 is 9.53 Å². The van der Waals surface area contributed by atoms with Gasteiger partial charge in [-0.05, 0) is 6.07 Å². The molecule has 1 rings (SSSR count). The van der Waals surface area contributed by atoms with Crippen molar-refractivity contribution >= 4 is 18.4 Å². The first kappa shape index (κ1) is 10.9. The monoisotopic (exact) mass is 191 g/mol. The van der Waals surface area contributed by atoms with Crippen molar-refractivity contribution in [2.24, 2.45) is 5.73 Å². The molecule has 0 aliphatic heterocycles. The number of nitrogens with zero attached hydrogens (tertiary/aromatic N) is 2. The molecule has 1 aromatic rings. The molecule has 6 heteroatoms. The first-order chi connectivity index (χ1) is 5.25. The molecule has 12 heavy (non-hydrogen) atoms. The Morgan fingerprint density at radius 1 is 1.75 bits per heavy atom. The molecule has 0 radical (unpaired) electrons. The summed E-state index contributed by atoms with van der Waals surface area (Å²) in [6.45, 7) is 0. The van der Waals surface area contributed by atoms with Crippen LogP contribution in [0.3, 0.4) is 0 Å². The number of ether oxygens (including phenoxy) is 1. The van der Waals surface area contributed by atoms with Crippen molar-refractivity contribution in [1.82, 2.24) is 9.78 Å². The summed E-state index contributed by atoms with van der Waals surface area (Å²) in [6, 6.07) is 1.68. The molecule has 0 saturated carbocycles. The van der Waals surface area contributed by atoms with E-state index in [-0.39, 0.29) is 12.4 Å². The van der Waals surface area contributed by atoms with Gasteiger partial charge in [-0.3, -0.25) is 0 Å². The molecule has 0 amide bonds. The first-order valence-corrected chi connectivity index (χ1v) is 3.08. The minimum Gasteiger partial charge on any atom is -0.466 e. The number of hydrogen-bond donors (Lipinski definition) is 1. The number of hydrogen-bond acceptors (Lipinski definition) is 4. The van der Waals surface area contributed by atoms with Gasteiger partial charge in [0.15, 0.2) is 6.17 Å². The van der Waals surface area contributed by atoms with Crippen LogP contribution in [0.15, 0.2) is 18.5 Å². The van der Waals surface area contributed by atoms with Crippen LogP contribution in [-0.2, 0) is 9.53 Å². The Hall–Kier alpha value is -1.07. The number of rotatable bonds is 2. The fraction of sp³-hybridized carbons (Fsp3) is 0.333. The average molecular weight is 192 g/mol. The quantitative estimate of drug-likeness (QED) is 0.665. The van der Waals surface area contributed by atoms with Gasteiger partial charge in [0.05, 0.1) is 7.11 Å². The molecule has 1 unspecified atom stereocenters. The van der Waals surface area contributed by atoms with E-state index >= 15 is 0 Å². The molecular weight excluding hydrogens is 182 g/mol. The Kier molecular flexibility index (Phi) is 4.31. The van der Waals surface area contributed by atoms with Crippen LogP contribution in [0.4, 0.5) is 0 Å². The third-order valence-corrected chi connectivity index (χ3v) is 1.25. The van der Waals surface area contributed by atoms with Crippen LogP contribution in [-0.4, -0.2) is 22.9 Å². The Morgan fingerprint density at radius 2 is 2.42 bits per heavy atom. The largest absolute Gasteiger partial charge is 0.466 e. The number of aromatic nitrogens is 2. The second-order valence-electron chi connectivity index (χ2n) is 1.95. The average Bonchev–Trinajstić information content (AvgIpc) is 2.53. The van der Waals surface area contributed by atoms with Crippen molar-refractivity contribution in [2.75, 3.05) is 7.11 Å². The number of nitrogens with two attached hydrogens (primary N) is 1. The summed E-state index contributed by atoms with van der Waals surface area (Å²) in [5.41, 5.74) is 5.42.